The van der Waals surface area contributed by atoms with E-state index in [1.807, 2.05) is 6.92 Å². The Morgan fingerprint density at radius 2 is 2.11 bits per heavy atom. The number of rotatable bonds is 9. The molecule has 27 heavy (non-hydrogen) atoms. The molecule has 6 nitrogen and oxygen atoms in total. The van der Waals surface area contributed by atoms with Gasteiger partial charge in [-0.25, -0.2) is 4.99 Å². The molecule has 0 amide bonds. The van der Waals surface area contributed by atoms with Crippen molar-refractivity contribution in [2.45, 2.75) is 33.2 Å². The van der Waals surface area contributed by atoms with Crippen LogP contribution in [0.25, 0.3) is 0 Å². The third-order valence-electron chi connectivity index (χ3n) is 4.93. The Morgan fingerprint density at radius 3 is 2.70 bits per heavy atom. The van der Waals surface area contributed by atoms with Crippen LogP contribution < -0.4 is 15.4 Å². The van der Waals surface area contributed by atoms with E-state index in [4.69, 9.17) is 14.5 Å². The van der Waals surface area contributed by atoms with Gasteiger partial charge in [0, 0.05) is 18.7 Å². The maximum Gasteiger partial charge on any atom is 0.191 e. The Labute approximate surface area is 179 Å². The molecule has 2 aliphatic rings. The van der Waals surface area contributed by atoms with Gasteiger partial charge in [-0.05, 0) is 44.2 Å². The molecule has 3 N–H and O–H groups in total. The number of hydrogen-bond acceptors (Lipinski definition) is 4. The van der Waals surface area contributed by atoms with Crippen LogP contribution in [0.5, 0.6) is 5.75 Å². The standard InChI is InChI=1S/C20H31N3O3.HI/c1-3-21-19(23-11-20(12-24)13-25-14-20)22-9-17-7-4-15(2)8-18(17)26-10-16-5-6-16;/h4,7-8,16,24H,3,5-6,9-14H2,1-2H3,(H2,21,22,23);1H. The van der Waals surface area contributed by atoms with Crippen LogP contribution >= 0.6 is 24.0 Å². The van der Waals surface area contributed by atoms with Gasteiger partial charge in [-0.3, -0.25) is 0 Å². The van der Waals surface area contributed by atoms with E-state index in [0.29, 0.717) is 26.3 Å². The molecule has 1 saturated heterocycles. The number of ether oxygens (including phenoxy) is 2. The molecule has 0 spiro atoms. The smallest absolute Gasteiger partial charge is 0.191 e. The zero-order valence-corrected chi connectivity index (χ0v) is 18.6. The molecule has 0 radical (unpaired) electrons. The quantitative estimate of drug-likeness (QED) is 0.283. The van der Waals surface area contributed by atoms with E-state index >= 15 is 0 Å². The van der Waals surface area contributed by atoms with Crippen molar-refractivity contribution < 1.29 is 14.6 Å². The van der Waals surface area contributed by atoms with Gasteiger partial charge in [0.2, 0.25) is 0 Å². The molecule has 1 saturated carbocycles. The fourth-order valence-electron chi connectivity index (χ4n) is 2.84. The Kier molecular flexibility index (Phi) is 8.62. The van der Waals surface area contributed by atoms with E-state index in [2.05, 4.69) is 35.8 Å². The molecule has 1 aromatic rings. The van der Waals surface area contributed by atoms with Gasteiger partial charge < -0.3 is 25.2 Å². The van der Waals surface area contributed by atoms with Crippen molar-refractivity contribution in [1.82, 2.24) is 10.6 Å². The average molecular weight is 489 g/mol. The SMILES string of the molecule is CCNC(=NCc1ccc(C)cc1OCC1CC1)NCC1(CO)COC1.I. The van der Waals surface area contributed by atoms with Crippen molar-refractivity contribution >= 4 is 29.9 Å². The summed E-state index contributed by atoms with van der Waals surface area (Å²) < 4.78 is 11.3. The number of halogens is 1. The molecule has 2 fully saturated rings. The lowest BCUT2D eigenvalue weighted by molar-refractivity contribution is -0.132. The largest absolute Gasteiger partial charge is 0.493 e. The van der Waals surface area contributed by atoms with Gasteiger partial charge in [0.25, 0.3) is 0 Å². The Morgan fingerprint density at radius 1 is 1.33 bits per heavy atom. The van der Waals surface area contributed by atoms with E-state index in [9.17, 15) is 5.11 Å². The number of hydrogen-bond donors (Lipinski definition) is 3. The first-order valence-electron chi connectivity index (χ1n) is 9.57. The number of aliphatic hydroxyl groups is 1. The fourth-order valence-corrected chi connectivity index (χ4v) is 2.84. The summed E-state index contributed by atoms with van der Waals surface area (Å²) in [6, 6.07) is 6.29. The van der Waals surface area contributed by atoms with Crippen LogP contribution in [0.3, 0.4) is 0 Å². The van der Waals surface area contributed by atoms with Crippen LogP contribution in [0.15, 0.2) is 23.2 Å². The lowest BCUT2D eigenvalue weighted by Gasteiger charge is -2.40. The van der Waals surface area contributed by atoms with Crippen LogP contribution in [0.4, 0.5) is 0 Å². The number of aryl methyl sites for hydroxylation is 1. The number of nitrogens with zero attached hydrogens (tertiary/aromatic N) is 1. The number of nitrogens with one attached hydrogen (secondary N) is 2. The first-order valence-corrected chi connectivity index (χ1v) is 9.57. The third-order valence-corrected chi connectivity index (χ3v) is 4.93. The second-order valence-electron chi connectivity index (χ2n) is 7.57. The summed E-state index contributed by atoms with van der Waals surface area (Å²) in [5.74, 6) is 2.42. The summed E-state index contributed by atoms with van der Waals surface area (Å²) in [5.41, 5.74) is 2.11. The second-order valence-corrected chi connectivity index (χ2v) is 7.57. The Bertz CT molecular complexity index is 625. The number of benzene rings is 1. The molecule has 7 heteroatoms. The summed E-state index contributed by atoms with van der Waals surface area (Å²) in [5, 5.41) is 16.2. The number of aliphatic hydroxyl groups excluding tert-OH is 1. The first kappa shape index (κ1) is 22.2. The Hall–Kier alpha value is -1.06. The van der Waals surface area contributed by atoms with Gasteiger partial charge in [0.15, 0.2) is 5.96 Å². The number of aliphatic imine (C=N–C) groups is 1. The Balaban J connectivity index is 0.00000261. The molecule has 3 rings (SSSR count). The highest BCUT2D eigenvalue weighted by atomic mass is 127. The van der Waals surface area contributed by atoms with Crippen LogP contribution in [0, 0.1) is 18.3 Å². The van der Waals surface area contributed by atoms with Crippen molar-refractivity contribution in [3.05, 3.63) is 29.3 Å². The van der Waals surface area contributed by atoms with Gasteiger partial charge in [-0.15, -0.1) is 24.0 Å². The van der Waals surface area contributed by atoms with Crippen LogP contribution in [0.2, 0.25) is 0 Å². The van der Waals surface area contributed by atoms with E-state index in [1.54, 1.807) is 0 Å². The summed E-state index contributed by atoms with van der Waals surface area (Å²) in [4.78, 5) is 4.70. The summed E-state index contributed by atoms with van der Waals surface area (Å²) in [7, 11) is 0. The van der Waals surface area contributed by atoms with Gasteiger partial charge in [-0.1, -0.05) is 12.1 Å². The molecule has 0 unspecified atom stereocenters. The second kappa shape index (κ2) is 10.5. The summed E-state index contributed by atoms with van der Waals surface area (Å²) in [6.07, 6.45) is 2.56. The van der Waals surface area contributed by atoms with E-state index < -0.39 is 0 Å². The van der Waals surface area contributed by atoms with Gasteiger partial charge in [-0.2, -0.15) is 0 Å². The molecule has 1 aromatic carbocycles. The fraction of sp³-hybridized carbons (Fsp3) is 0.650. The summed E-state index contributed by atoms with van der Waals surface area (Å²) >= 11 is 0. The van der Waals surface area contributed by atoms with Gasteiger partial charge >= 0.3 is 0 Å². The molecule has 0 bridgehead atoms. The zero-order chi connectivity index (χ0) is 18.4. The van der Waals surface area contributed by atoms with Gasteiger partial charge in [0.05, 0.1) is 38.4 Å². The summed E-state index contributed by atoms with van der Waals surface area (Å²) in [6.45, 7) is 8.22. The van der Waals surface area contributed by atoms with Crippen molar-refractivity contribution in [3.63, 3.8) is 0 Å². The van der Waals surface area contributed by atoms with E-state index in [1.165, 1.54) is 18.4 Å². The molecular formula is C20H32IN3O3. The molecular weight excluding hydrogens is 457 g/mol. The lowest BCUT2D eigenvalue weighted by atomic mass is 9.87. The predicted octanol–water partition coefficient (Wildman–Crippen LogP) is 2.47. The predicted molar refractivity (Wildman–Crippen MR) is 118 cm³/mol. The third kappa shape index (κ3) is 6.50. The molecule has 1 aliphatic carbocycles. The maximum absolute atomic E-state index is 9.56. The number of guanidine groups is 1. The highest BCUT2D eigenvalue weighted by Crippen LogP contribution is 2.31. The first-order chi connectivity index (χ1) is 12.6. The minimum Gasteiger partial charge on any atom is -0.493 e. The van der Waals surface area contributed by atoms with E-state index in [-0.39, 0.29) is 36.0 Å². The zero-order valence-electron chi connectivity index (χ0n) is 16.3. The van der Waals surface area contributed by atoms with E-state index in [0.717, 1.165) is 36.3 Å². The minimum absolute atomic E-state index is 0. The normalized spacial score (nSPS) is 18.3. The lowest BCUT2D eigenvalue weighted by Crippen LogP contribution is -2.54. The monoisotopic (exact) mass is 489 g/mol. The van der Waals surface area contributed by atoms with Crippen molar-refractivity contribution in [1.29, 1.82) is 0 Å². The molecule has 1 aliphatic heterocycles. The highest BCUT2D eigenvalue weighted by Gasteiger charge is 2.38. The molecule has 152 valence electrons. The van der Waals surface area contributed by atoms with Crippen molar-refractivity contribution in [2.75, 3.05) is 39.5 Å². The minimum atomic E-state index is -0.182. The molecule has 1 heterocycles. The topological polar surface area (TPSA) is 75.1 Å². The maximum atomic E-state index is 9.56. The average Bonchev–Trinajstić information content (AvgIpc) is 3.42. The van der Waals surface area contributed by atoms with Crippen molar-refractivity contribution in [2.24, 2.45) is 16.3 Å². The van der Waals surface area contributed by atoms with Gasteiger partial charge in [0.1, 0.15) is 5.75 Å². The molecule has 0 aromatic heterocycles. The molecule has 0 atom stereocenters. The highest BCUT2D eigenvalue weighted by molar-refractivity contribution is 14.0. The van der Waals surface area contributed by atoms with Crippen molar-refractivity contribution in [3.8, 4) is 5.75 Å². The van der Waals surface area contributed by atoms with Crippen LogP contribution in [-0.4, -0.2) is 50.6 Å². The van der Waals surface area contributed by atoms with Crippen LogP contribution in [-0.2, 0) is 11.3 Å². The van der Waals surface area contributed by atoms with Crippen LogP contribution in [0.1, 0.15) is 30.9 Å².